The molecule has 0 aliphatic heterocycles. The molecule has 0 spiro atoms. The molecular formula is C17H20N2O4S. The predicted molar refractivity (Wildman–Crippen MR) is 91.2 cm³/mol. The molecule has 6 nitrogen and oxygen atoms in total. The lowest BCUT2D eigenvalue weighted by molar-refractivity contribution is -0.120. The van der Waals surface area contributed by atoms with Crippen molar-refractivity contribution in [2.24, 2.45) is 0 Å². The third kappa shape index (κ3) is 5.34. The lowest BCUT2D eigenvalue weighted by Crippen LogP contribution is -2.36. The number of aromatic nitrogens is 1. The Morgan fingerprint density at radius 2 is 2.04 bits per heavy atom. The van der Waals surface area contributed by atoms with E-state index < -0.39 is 21.0 Å². The van der Waals surface area contributed by atoms with Crippen LogP contribution in [0.1, 0.15) is 18.2 Å². The number of hydrogen-bond acceptors (Lipinski definition) is 5. The minimum Gasteiger partial charge on any atom is -0.487 e. The van der Waals surface area contributed by atoms with Gasteiger partial charge in [-0.15, -0.1) is 0 Å². The first kappa shape index (κ1) is 17.9. The molecule has 1 heterocycles. The zero-order valence-corrected chi connectivity index (χ0v) is 14.4. The van der Waals surface area contributed by atoms with Crippen molar-refractivity contribution in [3.05, 3.63) is 59.9 Å². The standard InChI is InChI=1S/C17H20N2O4S/c1-13(24(2,21)22)17(20)19-11-14-6-5-8-16(10-14)23-12-15-7-3-4-9-18-15/h3-10,13H,11-12H2,1-2H3,(H,19,20)/t13-/m1/s1. The first-order valence-corrected chi connectivity index (χ1v) is 9.40. The van der Waals surface area contributed by atoms with E-state index in [0.29, 0.717) is 12.4 Å². The lowest BCUT2D eigenvalue weighted by Gasteiger charge is -2.11. The van der Waals surface area contributed by atoms with Crippen LogP contribution in [0.2, 0.25) is 0 Å². The maximum atomic E-state index is 11.8. The zero-order valence-electron chi connectivity index (χ0n) is 13.6. The number of amides is 1. The van der Waals surface area contributed by atoms with Gasteiger partial charge >= 0.3 is 0 Å². The fraction of sp³-hybridized carbons (Fsp3) is 0.294. The number of carbonyl (C=O) groups excluding carboxylic acids is 1. The van der Waals surface area contributed by atoms with Gasteiger partial charge in [-0.3, -0.25) is 9.78 Å². The van der Waals surface area contributed by atoms with Crippen molar-refractivity contribution >= 4 is 15.7 Å². The van der Waals surface area contributed by atoms with Crippen LogP contribution in [0.3, 0.4) is 0 Å². The highest BCUT2D eigenvalue weighted by atomic mass is 32.2. The second kappa shape index (κ2) is 7.92. The molecule has 0 bridgehead atoms. The number of ether oxygens (including phenoxy) is 1. The van der Waals surface area contributed by atoms with Gasteiger partial charge in [0.05, 0.1) is 5.69 Å². The van der Waals surface area contributed by atoms with E-state index in [0.717, 1.165) is 17.5 Å². The first-order chi connectivity index (χ1) is 11.4. The van der Waals surface area contributed by atoms with E-state index in [4.69, 9.17) is 4.74 Å². The molecule has 1 atom stereocenters. The van der Waals surface area contributed by atoms with Crippen LogP contribution in [0.15, 0.2) is 48.7 Å². The third-order valence-corrected chi connectivity index (χ3v) is 4.99. The van der Waals surface area contributed by atoms with Crippen molar-refractivity contribution in [3.8, 4) is 5.75 Å². The van der Waals surface area contributed by atoms with Crippen LogP contribution in [-0.4, -0.2) is 30.8 Å². The molecule has 2 rings (SSSR count). The summed E-state index contributed by atoms with van der Waals surface area (Å²) >= 11 is 0. The number of nitrogens with one attached hydrogen (secondary N) is 1. The van der Waals surface area contributed by atoms with E-state index in [2.05, 4.69) is 10.3 Å². The molecule has 0 saturated heterocycles. The van der Waals surface area contributed by atoms with Crippen LogP contribution in [0.5, 0.6) is 5.75 Å². The summed E-state index contributed by atoms with van der Waals surface area (Å²) in [4.78, 5) is 16.0. The Hall–Kier alpha value is -2.41. The summed E-state index contributed by atoms with van der Waals surface area (Å²) in [7, 11) is -3.40. The molecule has 1 aromatic heterocycles. The van der Waals surface area contributed by atoms with Gasteiger partial charge in [-0.2, -0.15) is 0 Å². The van der Waals surface area contributed by atoms with Gasteiger partial charge in [-0.25, -0.2) is 8.42 Å². The van der Waals surface area contributed by atoms with Crippen LogP contribution >= 0.6 is 0 Å². The van der Waals surface area contributed by atoms with Crippen molar-refractivity contribution in [1.29, 1.82) is 0 Å². The van der Waals surface area contributed by atoms with Gasteiger partial charge in [0.15, 0.2) is 9.84 Å². The molecule has 128 valence electrons. The van der Waals surface area contributed by atoms with E-state index in [1.54, 1.807) is 12.3 Å². The highest BCUT2D eigenvalue weighted by Crippen LogP contribution is 2.15. The van der Waals surface area contributed by atoms with Gasteiger partial charge in [-0.05, 0) is 36.8 Å². The Morgan fingerprint density at radius 3 is 2.71 bits per heavy atom. The molecule has 2 aromatic rings. The third-order valence-electron chi connectivity index (χ3n) is 3.49. The molecule has 0 saturated carbocycles. The van der Waals surface area contributed by atoms with Gasteiger partial charge in [0, 0.05) is 19.0 Å². The van der Waals surface area contributed by atoms with Gasteiger partial charge < -0.3 is 10.1 Å². The van der Waals surface area contributed by atoms with E-state index in [1.165, 1.54) is 6.92 Å². The van der Waals surface area contributed by atoms with Gasteiger partial charge in [0.2, 0.25) is 5.91 Å². The quantitative estimate of drug-likeness (QED) is 0.823. The molecule has 7 heteroatoms. The topological polar surface area (TPSA) is 85.4 Å². The van der Waals surface area contributed by atoms with E-state index in [-0.39, 0.29) is 6.54 Å². The Labute approximate surface area is 141 Å². The van der Waals surface area contributed by atoms with Crippen LogP contribution in [0.4, 0.5) is 0 Å². The Bertz CT molecular complexity index is 791. The van der Waals surface area contributed by atoms with Crippen LogP contribution < -0.4 is 10.1 Å². The molecule has 1 N–H and O–H groups in total. The monoisotopic (exact) mass is 348 g/mol. The number of nitrogens with zero attached hydrogens (tertiary/aromatic N) is 1. The average molecular weight is 348 g/mol. The van der Waals surface area contributed by atoms with Crippen molar-refractivity contribution in [2.45, 2.75) is 25.3 Å². The summed E-state index contributed by atoms with van der Waals surface area (Å²) in [6.45, 7) is 1.96. The maximum absolute atomic E-state index is 11.8. The van der Waals surface area contributed by atoms with Crippen molar-refractivity contribution < 1.29 is 17.9 Å². The number of sulfone groups is 1. The molecule has 0 aliphatic carbocycles. The van der Waals surface area contributed by atoms with Crippen molar-refractivity contribution in [1.82, 2.24) is 10.3 Å². The fourth-order valence-electron chi connectivity index (χ4n) is 1.91. The highest BCUT2D eigenvalue weighted by molar-refractivity contribution is 7.92. The second-order valence-corrected chi connectivity index (χ2v) is 7.81. The van der Waals surface area contributed by atoms with Crippen LogP contribution in [0, 0.1) is 0 Å². The first-order valence-electron chi connectivity index (χ1n) is 7.44. The summed E-state index contributed by atoms with van der Waals surface area (Å²) in [6, 6.07) is 12.9. The normalized spacial score (nSPS) is 12.4. The Balaban J connectivity index is 1.92. The minimum absolute atomic E-state index is 0.236. The number of benzene rings is 1. The fourth-order valence-corrected chi connectivity index (χ4v) is 2.39. The van der Waals surface area contributed by atoms with E-state index in [9.17, 15) is 13.2 Å². The van der Waals surface area contributed by atoms with Crippen molar-refractivity contribution in [2.75, 3.05) is 6.26 Å². The summed E-state index contributed by atoms with van der Waals surface area (Å²) < 4.78 is 28.4. The Morgan fingerprint density at radius 1 is 1.25 bits per heavy atom. The summed E-state index contributed by atoms with van der Waals surface area (Å²) in [6.07, 6.45) is 2.75. The minimum atomic E-state index is -3.40. The summed E-state index contributed by atoms with van der Waals surface area (Å²) in [5.41, 5.74) is 1.64. The van der Waals surface area contributed by atoms with Crippen LogP contribution in [0.25, 0.3) is 0 Å². The Kier molecular flexibility index (Phi) is 5.92. The number of hydrogen-bond donors (Lipinski definition) is 1. The molecule has 0 radical (unpaired) electrons. The summed E-state index contributed by atoms with van der Waals surface area (Å²) in [5, 5.41) is 1.55. The lowest BCUT2D eigenvalue weighted by atomic mass is 10.2. The van der Waals surface area contributed by atoms with Gasteiger partial charge in [0.25, 0.3) is 0 Å². The second-order valence-electron chi connectivity index (χ2n) is 5.45. The molecule has 1 amide bonds. The largest absolute Gasteiger partial charge is 0.487 e. The summed E-state index contributed by atoms with van der Waals surface area (Å²) in [5.74, 6) is 0.140. The van der Waals surface area contributed by atoms with Gasteiger partial charge in [0.1, 0.15) is 17.6 Å². The van der Waals surface area contributed by atoms with Gasteiger partial charge in [-0.1, -0.05) is 18.2 Å². The number of rotatable bonds is 7. The zero-order chi connectivity index (χ0) is 17.6. The highest BCUT2D eigenvalue weighted by Gasteiger charge is 2.22. The molecular weight excluding hydrogens is 328 g/mol. The predicted octanol–water partition coefficient (Wildman–Crippen LogP) is 1.71. The molecule has 0 aliphatic rings. The van der Waals surface area contributed by atoms with E-state index >= 15 is 0 Å². The average Bonchev–Trinajstić information content (AvgIpc) is 2.57. The van der Waals surface area contributed by atoms with Crippen molar-refractivity contribution in [3.63, 3.8) is 0 Å². The number of pyridine rings is 1. The SMILES string of the molecule is C[C@H](C(=O)NCc1cccc(OCc2ccccn2)c1)S(C)(=O)=O. The molecule has 0 fully saturated rings. The smallest absolute Gasteiger partial charge is 0.238 e. The van der Waals surface area contributed by atoms with Crippen LogP contribution in [-0.2, 0) is 27.8 Å². The molecule has 1 aromatic carbocycles. The molecule has 0 unspecified atom stereocenters. The number of carbonyl (C=O) groups is 1. The molecule has 24 heavy (non-hydrogen) atoms. The van der Waals surface area contributed by atoms with E-state index in [1.807, 2.05) is 36.4 Å². The maximum Gasteiger partial charge on any atom is 0.238 e.